The summed E-state index contributed by atoms with van der Waals surface area (Å²) in [6.45, 7) is -0.0111. The van der Waals surface area contributed by atoms with E-state index in [0.717, 1.165) is 22.0 Å². The molecular formula is C18H12ClN3O2S2. The first-order chi connectivity index (χ1) is 12.7. The van der Waals surface area contributed by atoms with Crippen LogP contribution < -0.4 is 0 Å². The largest absolute Gasteiger partial charge is 0.455 e. The molecule has 0 radical (unpaired) electrons. The fourth-order valence-corrected chi connectivity index (χ4v) is 3.69. The summed E-state index contributed by atoms with van der Waals surface area (Å²) in [7, 11) is 0. The second-order valence-electron chi connectivity index (χ2n) is 5.16. The van der Waals surface area contributed by atoms with Crippen LogP contribution in [0.15, 0.2) is 53.4 Å². The van der Waals surface area contributed by atoms with Crippen LogP contribution in [-0.2, 0) is 17.1 Å². The molecule has 0 aliphatic heterocycles. The second kappa shape index (κ2) is 8.81. The third kappa shape index (κ3) is 4.61. The first-order valence-corrected chi connectivity index (χ1v) is 9.66. The highest BCUT2D eigenvalue weighted by Gasteiger charge is 2.15. The maximum atomic E-state index is 12.4. The normalized spacial score (nSPS) is 10.3. The number of carbonyl (C=O) groups excluding carboxylic acids is 1. The molecule has 0 unspecified atom stereocenters. The zero-order valence-electron chi connectivity index (χ0n) is 13.4. The monoisotopic (exact) mass is 401 g/mol. The fourth-order valence-electron chi connectivity index (χ4n) is 2.09. The van der Waals surface area contributed by atoms with Crippen LogP contribution in [0.1, 0.15) is 27.2 Å². The number of aromatic nitrogens is 2. The number of ether oxygens (including phenoxy) is 1. The highest BCUT2D eigenvalue weighted by molar-refractivity contribution is 7.98. The van der Waals surface area contributed by atoms with E-state index in [-0.39, 0.29) is 6.61 Å². The number of benzene rings is 2. The molecule has 1 heterocycles. The lowest BCUT2D eigenvalue weighted by molar-refractivity contribution is 0.0464. The van der Waals surface area contributed by atoms with Gasteiger partial charge in [0.2, 0.25) is 0 Å². The molecule has 130 valence electrons. The Kier molecular flexibility index (Phi) is 6.23. The summed E-state index contributed by atoms with van der Waals surface area (Å²) >= 11 is 8.50. The molecule has 1 aromatic heterocycles. The molecule has 0 atom stereocenters. The van der Waals surface area contributed by atoms with Crippen molar-refractivity contribution in [2.24, 2.45) is 0 Å². The van der Waals surface area contributed by atoms with Crippen LogP contribution in [-0.4, -0.2) is 15.6 Å². The van der Waals surface area contributed by atoms with Crippen LogP contribution in [0.4, 0.5) is 0 Å². The highest BCUT2D eigenvalue weighted by Crippen LogP contribution is 2.27. The summed E-state index contributed by atoms with van der Waals surface area (Å²) in [5, 5.41) is 12.7. The zero-order valence-corrected chi connectivity index (χ0v) is 15.8. The summed E-state index contributed by atoms with van der Waals surface area (Å²) in [6, 6.07) is 16.7. The van der Waals surface area contributed by atoms with Gasteiger partial charge in [0.15, 0.2) is 0 Å². The van der Waals surface area contributed by atoms with Crippen LogP contribution >= 0.6 is 34.9 Å². The van der Waals surface area contributed by atoms with Gasteiger partial charge in [-0.3, -0.25) is 0 Å². The Morgan fingerprint density at radius 3 is 2.69 bits per heavy atom. The smallest absolute Gasteiger partial charge is 0.339 e. The summed E-state index contributed by atoms with van der Waals surface area (Å²) < 4.78 is 9.44. The van der Waals surface area contributed by atoms with Gasteiger partial charge in [-0.1, -0.05) is 40.4 Å². The van der Waals surface area contributed by atoms with Gasteiger partial charge < -0.3 is 4.74 Å². The molecule has 0 spiro atoms. The summed E-state index contributed by atoms with van der Waals surface area (Å²) in [6.07, 6.45) is 0. The molecule has 0 aliphatic carbocycles. The zero-order chi connectivity index (χ0) is 18.4. The summed E-state index contributed by atoms with van der Waals surface area (Å²) in [5.41, 5.74) is 2.63. The molecule has 0 saturated carbocycles. The molecule has 0 bridgehead atoms. The number of nitriles is 1. The van der Waals surface area contributed by atoms with E-state index >= 15 is 0 Å². The lowest BCUT2D eigenvalue weighted by atomic mass is 10.2. The Morgan fingerprint density at radius 2 is 2.00 bits per heavy atom. The fraction of sp³-hybridized carbons (Fsp3) is 0.111. The highest BCUT2D eigenvalue weighted by atomic mass is 35.5. The van der Waals surface area contributed by atoms with E-state index in [9.17, 15) is 4.79 Å². The Labute approximate surface area is 163 Å². The number of carbonyl (C=O) groups is 1. The summed E-state index contributed by atoms with van der Waals surface area (Å²) in [5.74, 6) is 0.245. The number of hydrogen-bond donors (Lipinski definition) is 0. The Bertz CT molecular complexity index is 952. The molecule has 5 nitrogen and oxygen atoms in total. The summed E-state index contributed by atoms with van der Waals surface area (Å²) in [4.78, 5) is 13.2. The van der Waals surface area contributed by atoms with Gasteiger partial charge in [-0.15, -0.1) is 16.9 Å². The third-order valence-corrected chi connectivity index (χ3v) is 5.56. The van der Waals surface area contributed by atoms with E-state index in [1.807, 2.05) is 24.3 Å². The Balaban J connectivity index is 1.66. The molecule has 26 heavy (non-hydrogen) atoms. The average molecular weight is 402 g/mol. The maximum Gasteiger partial charge on any atom is 0.339 e. The SMILES string of the molecule is N#Cc1ccc(CSc2ccccc2C(=O)OCc2nnsc2Cl)cc1. The minimum atomic E-state index is -0.433. The molecule has 0 saturated heterocycles. The molecule has 3 aromatic rings. The van der Waals surface area contributed by atoms with Crippen molar-refractivity contribution in [2.75, 3.05) is 0 Å². The Morgan fingerprint density at radius 1 is 1.23 bits per heavy atom. The molecular weight excluding hydrogens is 390 g/mol. The van der Waals surface area contributed by atoms with Gasteiger partial charge in [-0.25, -0.2) is 4.79 Å². The van der Waals surface area contributed by atoms with E-state index in [2.05, 4.69) is 15.7 Å². The van der Waals surface area contributed by atoms with E-state index in [0.29, 0.717) is 26.9 Å². The van der Waals surface area contributed by atoms with Crippen LogP contribution in [0.3, 0.4) is 0 Å². The van der Waals surface area contributed by atoms with Crippen molar-refractivity contribution in [1.82, 2.24) is 9.59 Å². The van der Waals surface area contributed by atoms with Crippen molar-refractivity contribution < 1.29 is 9.53 Å². The van der Waals surface area contributed by atoms with Crippen molar-refractivity contribution in [3.63, 3.8) is 0 Å². The maximum absolute atomic E-state index is 12.4. The molecule has 0 amide bonds. The average Bonchev–Trinajstić information content (AvgIpc) is 3.10. The number of thioether (sulfide) groups is 1. The number of hydrogen-bond acceptors (Lipinski definition) is 7. The van der Waals surface area contributed by atoms with Gasteiger partial charge in [0.1, 0.15) is 16.6 Å². The van der Waals surface area contributed by atoms with E-state index in [1.54, 1.807) is 24.3 Å². The van der Waals surface area contributed by atoms with Gasteiger partial charge in [0.25, 0.3) is 0 Å². The second-order valence-corrected chi connectivity index (χ2v) is 7.54. The standard InChI is InChI=1S/C18H12ClN3O2S2/c19-17-15(21-22-26-17)10-24-18(23)14-3-1-2-4-16(14)25-11-13-7-5-12(9-20)6-8-13/h1-8H,10-11H2. The van der Waals surface area contributed by atoms with Gasteiger partial charge in [0.05, 0.1) is 17.2 Å². The lowest BCUT2D eigenvalue weighted by Gasteiger charge is -2.09. The quantitative estimate of drug-likeness (QED) is 0.439. The minimum absolute atomic E-state index is 0.0111. The predicted molar refractivity (Wildman–Crippen MR) is 101 cm³/mol. The topological polar surface area (TPSA) is 75.9 Å². The van der Waals surface area contributed by atoms with Crippen LogP contribution in [0, 0.1) is 11.3 Å². The molecule has 3 rings (SSSR count). The van der Waals surface area contributed by atoms with Crippen molar-refractivity contribution in [2.45, 2.75) is 17.3 Å². The number of esters is 1. The predicted octanol–water partition coefficient (Wildman–Crippen LogP) is 4.71. The van der Waals surface area contributed by atoms with E-state index in [1.165, 1.54) is 11.8 Å². The van der Waals surface area contributed by atoms with Gasteiger partial charge in [0, 0.05) is 22.2 Å². The molecule has 0 N–H and O–H groups in total. The van der Waals surface area contributed by atoms with Crippen LogP contribution in [0.5, 0.6) is 0 Å². The van der Waals surface area contributed by atoms with Gasteiger partial charge >= 0.3 is 5.97 Å². The number of rotatable bonds is 6. The Hall–Kier alpha value is -2.40. The van der Waals surface area contributed by atoms with Crippen molar-refractivity contribution in [3.05, 3.63) is 75.3 Å². The van der Waals surface area contributed by atoms with Gasteiger partial charge in [-0.2, -0.15) is 5.26 Å². The van der Waals surface area contributed by atoms with Crippen molar-refractivity contribution in [1.29, 1.82) is 5.26 Å². The lowest BCUT2D eigenvalue weighted by Crippen LogP contribution is -2.07. The minimum Gasteiger partial charge on any atom is -0.455 e. The van der Waals surface area contributed by atoms with Crippen molar-refractivity contribution in [3.8, 4) is 6.07 Å². The molecule has 0 aliphatic rings. The third-order valence-electron chi connectivity index (χ3n) is 3.43. The van der Waals surface area contributed by atoms with Crippen LogP contribution in [0.25, 0.3) is 0 Å². The first-order valence-electron chi connectivity index (χ1n) is 7.52. The molecule has 8 heteroatoms. The van der Waals surface area contributed by atoms with Gasteiger partial charge in [-0.05, 0) is 29.8 Å². The number of nitrogens with zero attached hydrogens (tertiary/aromatic N) is 3. The first kappa shape index (κ1) is 18.4. The van der Waals surface area contributed by atoms with Crippen molar-refractivity contribution >= 4 is 40.9 Å². The van der Waals surface area contributed by atoms with E-state index < -0.39 is 5.97 Å². The number of halogens is 1. The van der Waals surface area contributed by atoms with E-state index in [4.69, 9.17) is 21.6 Å². The molecule has 0 fully saturated rings. The molecule has 2 aromatic carbocycles. The van der Waals surface area contributed by atoms with Crippen LogP contribution in [0.2, 0.25) is 4.34 Å².